The summed E-state index contributed by atoms with van der Waals surface area (Å²) < 4.78 is 2.23. The summed E-state index contributed by atoms with van der Waals surface area (Å²) in [7, 11) is 0. The van der Waals surface area contributed by atoms with Crippen LogP contribution >= 0.6 is 15.9 Å². The molecular weight excluding hydrogens is 286 g/mol. The van der Waals surface area contributed by atoms with Crippen LogP contribution in [-0.2, 0) is 0 Å². The summed E-state index contributed by atoms with van der Waals surface area (Å²) in [6, 6.07) is 0.322. The average molecular weight is 302 g/mol. The number of hydrogen-bond donors (Lipinski definition) is 0. The van der Waals surface area contributed by atoms with Gasteiger partial charge in [-0.3, -0.25) is 0 Å². The highest BCUT2D eigenvalue weighted by Crippen LogP contribution is 2.35. The lowest BCUT2D eigenvalue weighted by Crippen LogP contribution is -2.18. The number of halogens is 1. The lowest BCUT2D eigenvalue weighted by atomic mass is 9.85. The van der Waals surface area contributed by atoms with Crippen molar-refractivity contribution in [3.63, 3.8) is 0 Å². The maximum absolute atomic E-state index is 10.7. The molecule has 94 valence electrons. The molecule has 0 atom stereocenters. The molecule has 0 unspecified atom stereocenters. The van der Waals surface area contributed by atoms with Gasteiger partial charge in [0.2, 0.25) is 0 Å². The minimum Gasteiger partial charge on any atom is -0.358 e. The minimum absolute atomic E-state index is 0.0809. The van der Waals surface area contributed by atoms with E-state index in [1.165, 1.54) is 19.3 Å². The molecular formula is C11H16BrN3O2. The van der Waals surface area contributed by atoms with Crippen molar-refractivity contribution in [3.8, 4) is 0 Å². The highest BCUT2D eigenvalue weighted by Gasteiger charge is 2.27. The Labute approximate surface area is 108 Å². The van der Waals surface area contributed by atoms with E-state index >= 15 is 0 Å². The Hall–Kier alpha value is -0.910. The molecule has 1 fully saturated rings. The predicted octanol–water partition coefficient (Wildman–Crippen LogP) is 3.70. The summed E-state index contributed by atoms with van der Waals surface area (Å²) in [5.41, 5.74) is 0. The van der Waals surface area contributed by atoms with E-state index in [4.69, 9.17) is 0 Å². The highest BCUT2D eigenvalue weighted by atomic mass is 79.9. The Bertz CT molecular complexity index is 411. The monoisotopic (exact) mass is 301 g/mol. The fourth-order valence-electron chi connectivity index (χ4n) is 2.49. The SMILES string of the molecule is CCC1CCC(n2cc(Br)c([N+](=O)[O-])n2)CC1. The number of hydrogen-bond acceptors (Lipinski definition) is 3. The largest absolute Gasteiger partial charge is 0.404 e. The van der Waals surface area contributed by atoms with Crippen LogP contribution < -0.4 is 0 Å². The van der Waals surface area contributed by atoms with Gasteiger partial charge in [0.25, 0.3) is 0 Å². The van der Waals surface area contributed by atoms with Gasteiger partial charge in [-0.1, -0.05) is 13.3 Å². The van der Waals surface area contributed by atoms with Crippen LogP contribution in [0.2, 0.25) is 0 Å². The molecule has 0 saturated heterocycles. The zero-order valence-corrected chi connectivity index (χ0v) is 11.4. The van der Waals surface area contributed by atoms with Crippen molar-refractivity contribution in [2.45, 2.75) is 45.1 Å². The van der Waals surface area contributed by atoms with E-state index in [-0.39, 0.29) is 5.82 Å². The third kappa shape index (κ3) is 2.68. The van der Waals surface area contributed by atoms with E-state index in [1.807, 2.05) is 0 Å². The second-order valence-corrected chi connectivity index (χ2v) is 5.47. The summed E-state index contributed by atoms with van der Waals surface area (Å²) in [6.07, 6.45) is 7.51. The van der Waals surface area contributed by atoms with Crippen molar-refractivity contribution >= 4 is 21.7 Å². The van der Waals surface area contributed by atoms with E-state index in [0.29, 0.717) is 10.5 Å². The van der Waals surface area contributed by atoms with Gasteiger partial charge in [-0.2, -0.15) is 4.68 Å². The average Bonchev–Trinajstić information content (AvgIpc) is 2.71. The van der Waals surface area contributed by atoms with E-state index in [2.05, 4.69) is 28.0 Å². The summed E-state index contributed by atoms with van der Waals surface area (Å²) in [4.78, 5) is 10.3. The lowest BCUT2D eigenvalue weighted by molar-refractivity contribution is -0.390. The van der Waals surface area contributed by atoms with Crippen LogP contribution in [0.25, 0.3) is 0 Å². The van der Waals surface area contributed by atoms with Crippen molar-refractivity contribution in [1.82, 2.24) is 9.78 Å². The van der Waals surface area contributed by atoms with Gasteiger partial charge in [0.15, 0.2) is 0 Å². The molecule has 0 amide bonds. The third-order valence-electron chi connectivity index (χ3n) is 3.61. The summed E-state index contributed by atoms with van der Waals surface area (Å²) in [6.45, 7) is 2.22. The molecule has 0 bridgehead atoms. The molecule has 0 radical (unpaired) electrons. The first-order valence-electron chi connectivity index (χ1n) is 6.00. The molecule has 1 aliphatic carbocycles. The van der Waals surface area contributed by atoms with Gasteiger partial charge in [-0.25, -0.2) is 0 Å². The van der Waals surface area contributed by atoms with Crippen molar-refractivity contribution in [1.29, 1.82) is 0 Å². The van der Waals surface area contributed by atoms with Crippen molar-refractivity contribution < 1.29 is 4.92 Å². The molecule has 0 aromatic carbocycles. The molecule has 1 aromatic rings. The zero-order chi connectivity index (χ0) is 12.4. The number of nitrogens with zero attached hydrogens (tertiary/aromatic N) is 3. The topological polar surface area (TPSA) is 61.0 Å². The van der Waals surface area contributed by atoms with Crippen LogP contribution in [0.3, 0.4) is 0 Å². The molecule has 0 spiro atoms. The summed E-state index contributed by atoms with van der Waals surface area (Å²) in [5.74, 6) is 0.739. The van der Waals surface area contributed by atoms with Crippen LogP contribution in [0.1, 0.15) is 45.1 Å². The first-order chi connectivity index (χ1) is 8.11. The fraction of sp³-hybridized carbons (Fsp3) is 0.727. The van der Waals surface area contributed by atoms with Crippen molar-refractivity contribution in [3.05, 3.63) is 20.8 Å². The molecule has 1 saturated carbocycles. The minimum atomic E-state index is -0.446. The maximum Gasteiger partial charge on any atom is 0.404 e. The Balaban J connectivity index is 2.08. The van der Waals surface area contributed by atoms with Crippen LogP contribution in [-0.4, -0.2) is 14.7 Å². The van der Waals surface area contributed by atoms with E-state index in [9.17, 15) is 10.1 Å². The molecule has 0 aliphatic heterocycles. The number of aromatic nitrogens is 2. The molecule has 1 heterocycles. The standard InChI is InChI=1S/C11H16BrN3O2/c1-2-8-3-5-9(6-4-8)14-7-10(12)11(13-14)15(16)17/h7-9H,2-6H2,1H3. The smallest absolute Gasteiger partial charge is 0.358 e. The molecule has 6 heteroatoms. The fourth-order valence-corrected chi connectivity index (χ4v) is 2.92. The Kier molecular flexibility index (Phi) is 3.81. The first-order valence-corrected chi connectivity index (χ1v) is 6.80. The molecule has 1 aliphatic rings. The second-order valence-electron chi connectivity index (χ2n) is 4.62. The predicted molar refractivity (Wildman–Crippen MR) is 67.9 cm³/mol. The van der Waals surface area contributed by atoms with Gasteiger partial charge in [0.1, 0.15) is 4.47 Å². The Morgan fingerprint density at radius 3 is 2.65 bits per heavy atom. The normalized spacial score (nSPS) is 24.8. The zero-order valence-electron chi connectivity index (χ0n) is 9.80. The summed E-state index contributed by atoms with van der Waals surface area (Å²) in [5, 5.41) is 14.8. The van der Waals surface area contributed by atoms with Crippen molar-refractivity contribution in [2.24, 2.45) is 5.92 Å². The second kappa shape index (κ2) is 5.16. The lowest BCUT2D eigenvalue weighted by Gasteiger charge is -2.26. The van der Waals surface area contributed by atoms with E-state index < -0.39 is 4.92 Å². The molecule has 2 rings (SSSR count). The van der Waals surface area contributed by atoms with Gasteiger partial charge < -0.3 is 10.1 Å². The molecule has 5 nitrogen and oxygen atoms in total. The van der Waals surface area contributed by atoms with Crippen LogP contribution in [0.5, 0.6) is 0 Å². The summed E-state index contributed by atoms with van der Waals surface area (Å²) >= 11 is 3.18. The van der Waals surface area contributed by atoms with Gasteiger partial charge in [0, 0.05) is 0 Å². The van der Waals surface area contributed by atoms with Crippen molar-refractivity contribution in [2.75, 3.05) is 0 Å². The van der Waals surface area contributed by atoms with E-state index in [0.717, 1.165) is 18.8 Å². The van der Waals surface area contributed by atoms with E-state index in [1.54, 1.807) is 10.9 Å². The van der Waals surface area contributed by atoms with Gasteiger partial charge in [-0.15, -0.1) is 0 Å². The third-order valence-corrected chi connectivity index (χ3v) is 4.17. The molecule has 1 aromatic heterocycles. The van der Waals surface area contributed by atoms with Gasteiger partial charge in [-0.05, 0) is 52.5 Å². The highest BCUT2D eigenvalue weighted by molar-refractivity contribution is 9.10. The molecule has 17 heavy (non-hydrogen) atoms. The number of nitro groups is 1. The van der Waals surface area contributed by atoms with Crippen LogP contribution in [0.15, 0.2) is 10.7 Å². The maximum atomic E-state index is 10.7. The molecule has 0 N–H and O–H groups in total. The quantitative estimate of drug-likeness (QED) is 0.632. The van der Waals surface area contributed by atoms with Gasteiger partial charge >= 0.3 is 5.82 Å². The Morgan fingerprint density at radius 1 is 1.53 bits per heavy atom. The van der Waals surface area contributed by atoms with Crippen LogP contribution in [0.4, 0.5) is 5.82 Å². The number of rotatable bonds is 3. The Morgan fingerprint density at radius 2 is 2.18 bits per heavy atom. The first kappa shape index (κ1) is 12.5. The van der Waals surface area contributed by atoms with Gasteiger partial charge in [0.05, 0.1) is 17.3 Å². The van der Waals surface area contributed by atoms with Crippen LogP contribution in [0, 0.1) is 16.0 Å².